The summed E-state index contributed by atoms with van der Waals surface area (Å²) in [4.78, 5) is 11.0. The molecule has 1 aromatic carbocycles. The number of benzene rings is 1. The van der Waals surface area contributed by atoms with Crippen LogP contribution in [-0.2, 0) is 4.79 Å². The lowest BCUT2D eigenvalue weighted by atomic mass is 9.93. The van der Waals surface area contributed by atoms with Crippen molar-refractivity contribution >= 4 is 5.97 Å². The molecule has 5 nitrogen and oxygen atoms in total. The van der Waals surface area contributed by atoms with Crippen LogP contribution in [0, 0.1) is 5.92 Å². The van der Waals surface area contributed by atoms with Gasteiger partial charge >= 0.3 is 5.97 Å². The predicted octanol–water partition coefficient (Wildman–Crippen LogP) is 1.60. The van der Waals surface area contributed by atoms with Gasteiger partial charge in [-0.15, -0.1) is 0 Å². The van der Waals surface area contributed by atoms with Crippen LogP contribution in [-0.4, -0.2) is 29.4 Å². The Morgan fingerprint density at radius 3 is 2.61 bits per heavy atom. The predicted molar refractivity (Wildman–Crippen MR) is 63.8 cm³/mol. The molecule has 0 spiro atoms. The van der Waals surface area contributed by atoms with Crippen LogP contribution < -0.4 is 9.47 Å². The van der Waals surface area contributed by atoms with Crippen LogP contribution in [0.2, 0.25) is 0 Å². The van der Waals surface area contributed by atoms with Crippen molar-refractivity contribution < 1.29 is 24.5 Å². The van der Waals surface area contributed by atoms with Gasteiger partial charge in [-0.3, -0.25) is 4.79 Å². The van der Waals surface area contributed by atoms with Crippen molar-refractivity contribution in [3.63, 3.8) is 0 Å². The zero-order valence-corrected chi connectivity index (χ0v) is 10.1. The van der Waals surface area contributed by atoms with Crippen LogP contribution in [0.4, 0.5) is 0 Å². The molecular formula is C13H16O5. The Hall–Kier alpha value is -1.75. The van der Waals surface area contributed by atoms with E-state index in [4.69, 9.17) is 14.6 Å². The van der Waals surface area contributed by atoms with Crippen molar-refractivity contribution in [2.45, 2.75) is 19.4 Å². The highest BCUT2D eigenvalue weighted by molar-refractivity contribution is 5.71. The van der Waals surface area contributed by atoms with Gasteiger partial charge in [0, 0.05) is 0 Å². The third kappa shape index (κ3) is 2.41. The van der Waals surface area contributed by atoms with Gasteiger partial charge in [-0.2, -0.15) is 0 Å². The Morgan fingerprint density at radius 2 is 2.00 bits per heavy atom. The fourth-order valence-corrected chi connectivity index (χ4v) is 2.01. The zero-order chi connectivity index (χ0) is 13.1. The molecular weight excluding hydrogens is 236 g/mol. The van der Waals surface area contributed by atoms with Gasteiger partial charge in [0.05, 0.1) is 12.0 Å². The zero-order valence-electron chi connectivity index (χ0n) is 10.1. The number of carboxylic acid groups (broad SMARTS) is 1. The highest BCUT2D eigenvalue weighted by Crippen LogP contribution is 2.35. The molecule has 2 N–H and O–H groups in total. The van der Waals surface area contributed by atoms with Crippen LogP contribution in [0.5, 0.6) is 11.5 Å². The molecule has 2 unspecified atom stereocenters. The number of rotatable bonds is 4. The van der Waals surface area contributed by atoms with Gasteiger partial charge in [0.25, 0.3) is 0 Å². The van der Waals surface area contributed by atoms with Crippen molar-refractivity contribution in [3.05, 3.63) is 23.8 Å². The second-order valence-corrected chi connectivity index (χ2v) is 4.20. The van der Waals surface area contributed by atoms with E-state index in [0.717, 1.165) is 0 Å². The molecule has 1 heterocycles. The standard InChI is InChI=1S/C13H16O5/c1-2-9(13(15)16)12(14)8-3-4-10-11(7-8)18-6-5-17-10/h3-4,7,9,12,14H,2,5-6H2,1H3,(H,15,16). The van der Waals surface area contributed by atoms with Gasteiger partial charge < -0.3 is 19.7 Å². The van der Waals surface area contributed by atoms with Crippen LogP contribution >= 0.6 is 0 Å². The summed E-state index contributed by atoms with van der Waals surface area (Å²) < 4.78 is 10.8. The smallest absolute Gasteiger partial charge is 0.309 e. The first-order valence-corrected chi connectivity index (χ1v) is 5.94. The summed E-state index contributed by atoms with van der Waals surface area (Å²) in [6.45, 7) is 2.70. The van der Waals surface area contributed by atoms with Crippen molar-refractivity contribution in [1.29, 1.82) is 0 Å². The first kappa shape index (κ1) is 12.7. The SMILES string of the molecule is CCC(C(=O)O)C(O)c1ccc2c(c1)OCCO2. The first-order valence-electron chi connectivity index (χ1n) is 5.94. The molecule has 98 valence electrons. The third-order valence-electron chi connectivity index (χ3n) is 3.05. The third-order valence-corrected chi connectivity index (χ3v) is 3.05. The highest BCUT2D eigenvalue weighted by atomic mass is 16.6. The van der Waals surface area contributed by atoms with E-state index >= 15 is 0 Å². The fourth-order valence-electron chi connectivity index (χ4n) is 2.01. The topological polar surface area (TPSA) is 76.0 Å². The van der Waals surface area contributed by atoms with E-state index < -0.39 is 18.0 Å². The molecule has 1 aromatic rings. The van der Waals surface area contributed by atoms with Crippen LogP contribution in [0.3, 0.4) is 0 Å². The molecule has 2 atom stereocenters. The molecule has 0 saturated heterocycles. The second-order valence-electron chi connectivity index (χ2n) is 4.20. The summed E-state index contributed by atoms with van der Waals surface area (Å²) in [6.07, 6.45) is -0.673. The molecule has 0 amide bonds. The van der Waals surface area contributed by atoms with Crippen LogP contribution in [0.25, 0.3) is 0 Å². The Labute approximate surface area is 105 Å². The monoisotopic (exact) mass is 252 g/mol. The molecule has 1 aliphatic heterocycles. The molecule has 0 aliphatic carbocycles. The highest BCUT2D eigenvalue weighted by Gasteiger charge is 2.27. The lowest BCUT2D eigenvalue weighted by Crippen LogP contribution is -2.21. The molecule has 0 saturated carbocycles. The minimum atomic E-state index is -1.04. The molecule has 0 aromatic heterocycles. The molecule has 1 aliphatic rings. The molecule has 2 rings (SSSR count). The number of carbonyl (C=O) groups is 1. The summed E-state index contributed by atoms with van der Waals surface area (Å²) in [7, 11) is 0. The number of fused-ring (bicyclic) bond motifs is 1. The summed E-state index contributed by atoms with van der Waals surface area (Å²) >= 11 is 0. The first-order chi connectivity index (χ1) is 8.63. The Kier molecular flexibility index (Phi) is 3.72. The summed E-state index contributed by atoms with van der Waals surface area (Å²) in [5.41, 5.74) is 0.536. The normalized spacial score (nSPS) is 17.0. The van der Waals surface area contributed by atoms with Gasteiger partial charge in [-0.05, 0) is 24.1 Å². The van der Waals surface area contributed by atoms with Crippen molar-refractivity contribution in [1.82, 2.24) is 0 Å². The van der Waals surface area contributed by atoms with Gasteiger partial charge in [-0.1, -0.05) is 13.0 Å². The number of aliphatic hydroxyl groups is 1. The average molecular weight is 252 g/mol. The van der Waals surface area contributed by atoms with Crippen LogP contribution in [0.15, 0.2) is 18.2 Å². The van der Waals surface area contributed by atoms with E-state index in [2.05, 4.69) is 0 Å². The summed E-state index contributed by atoms with van der Waals surface area (Å²) in [5.74, 6) is -0.633. The number of carboxylic acids is 1. The quantitative estimate of drug-likeness (QED) is 0.851. The largest absolute Gasteiger partial charge is 0.486 e. The maximum absolute atomic E-state index is 11.0. The fraction of sp³-hybridized carbons (Fsp3) is 0.462. The van der Waals surface area contributed by atoms with E-state index in [9.17, 15) is 9.90 Å². The lowest BCUT2D eigenvalue weighted by molar-refractivity contribution is -0.146. The maximum Gasteiger partial charge on any atom is 0.309 e. The molecule has 5 heteroatoms. The molecule has 0 fully saturated rings. The van der Waals surface area contributed by atoms with Crippen molar-refractivity contribution in [2.75, 3.05) is 13.2 Å². The van der Waals surface area contributed by atoms with Crippen LogP contribution in [0.1, 0.15) is 25.0 Å². The van der Waals surface area contributed by atoms with E-state index in [0.29, 0.717) is 36.7 Å². The average Bonchev–Trinajstić information content (AvgIpc) is 2.38. The second kappa shape index (κ2) is 5.27. The van der Waals surface area contributed by atoms with Gasteiger partial charge in [0.2, 0.25) is 0 Å². The Bertz CT molecular complexity index is 443. The Balaban J connectivity index is 2.25. The lowest BCUT2D eigenvalue weighted by Gasteiger charge is -2.22. The minimum absolute atomic E-state index is 0.366. The number of ether oxygens (including phenoxy) is 2. The van der Waals surface area contributed by atoms with Gasteiger partial charge in [0.1, 0.15) is 13.2 Å². The number of hydrogen-bond acceptors (Lipinski definition) is 4. The summed E-state index contributed by atoms with van der Waals surface area (Å²) in [6, 6.07) is 5.01. The van der Waals surface area contributed by atoms with Crippen molar-refractivity contribution in [2.24, 2.45) is 5.92 Å². The van der Waals surface area contributed by atoms with E-state index in [1.807, 2.05) is 0 Å². The maximum atomic E-state index is 11.0. The number of aliphatic carboxylic acids is 1. The minimum Gasteiger partial charge on any atom is -0.486 e. The van der Waals surface area contributed by atoms with E-state index in [1.165, 1.54) is 0 Å². The van der Waals surface area contributed by atoms with Crippen molar-refractivity contribution in [3.8, 4) is 11.5 Å². The van der Waals surface area contributed by atoms with Gasteiger partial charge in [-0.25, -0.2) is 0 Å². The number of hydrogen-bond donors (Lipinski definition) is 2. The van der Waals surface area contributed by atoms with E-state index in [-0.39, 0.29) is 0 Å². The summed E-state index contributed by atoms with van der Waals surface area (Å²) in [5, 5.41) is 19.1. The molecule has 18 heavy (non-hydrogen) atoms. The van der Waals surface area contributed by atoms with Gasteiger partial charge in [0.15, 0.2) is 11.5 Å². The molecule has 0 bridgehead atoms. The van der Waals surface area contributed by atoms with E-state index in [1.54, 1.807) is 25.1 Å². The Morgan fingerprint density at radius 1 is 1.33 bits per heavy atom. The molecule has 0 radical (unpaired) electrons. The number of aliphatic hydroxyl groups excluding tert-OH is 1.